The van der Waals surface area contributed by atoms with E-state index in [4.69, 9.17) is 0 Å². The van der Waals surface area contributed by atoms with Gasteiger partial charge in [0.15, 0.2) is 0 Å². The lowest BCUT2D eigenvalue weighted by molar-refractivity contribution is 0.0938. The highest BCUT2D eigenvalue weighted by Crippen LogP contribution is 2.25. The predicted octanol–water partition coefficient (Wildman–Crippen LogP) is 0.514. The van der Waals surface area contributed by atoms with Crippen molar-refractivity contribution in [2.24, 2.45) is 0 Å². The first-order valence-electron chi connectivity index (χ1n) is 4.74. The van der Waals surface area contributed by atoms with Gasteiger partial charge < -0.3 is 4.90 Å². The van der Waals surface area contributed by atoms with Gasteiger partial charge in [-0.25, -0.2) is 5.32 Å². The van der Waals surface area contributed by atoms with Gasteiger partial charge in [-0.05, 0) is 6.42 Å². The van der Waals surface area contributed by atoms with Crippen molar-refractivity contribution < 1.29 is 4.79 Å². The van der Waals surface area contributed by atoms with Crippen molar-refractivity contribution in [3.8, 4) is 0 Å². The molecule has 2 rings (SSSR count). The summed E-state index contributed by atoms with van der Waals surface area (Å²) < 4.78 is 0. The lowest BCUT2D eigenvalue weighted by Crippen LogP contribution is -2.36. The van der Waals surface area contributed by atoms with Crippen LogP contribution < -0.4 is 10.2 Å². The summed E-state index contributed by atoms with van der Waals surface area (Å²) >= 11 is 0. The summed E-state index contributed by atoms with van der Waals surface area (Å²) in [6.45, 7) is 2.53. The Hall–Kier alpha value is -1.52. The molecule has 5 nitrogen and oxygen atoms in total. The minimum absolute atomic E-state index is 0.187. The van der Waals surface area contributed by atoms with Gasteiger partial charge in [0, 0.05) is 7.05 Å². The van der Waals surface area contributed by atoms with Crippen molar-refractivity contribution in [1.82, 2.24) is 15.5 Å². The number of fused-ring (bicyclic) bond motifs is 1. The number of H-pyrrole nitrogens is 1. The molecule has 0 aromatic carbocycles. The van der Waals surface area contributed by atoms with Crippen molar-refractivity contribution in [1.29, 1.82) is 0 Å². The average molecular weight is 193 g/mol. The van der Waals surface area contributed by atoms with E-state index in [9.17, 15) is 4.79 Å². The smallest absolute Gasteiger partial charge is 0.294 e. The Kier molecular flexibility index (Phi) is 2.15. The van der Waals surface area contributed by atoms with Crippen LogP contribution in [-0.2, 0) is 6.42 Å². The number of aromatic nitrogens is 2. The number of nitrogens with zero attached hydrogens (tertiary/aromatic N) is 3. The van der Waals surface area contributed by atoms with E-state index in [0.717, 1.165) is 24.2 Å². The molecule has 0 saturated heterocycles. The zero-order chi connectivity index (χ0) is 10.1. The Bertz CT molecular complexity index is 358. The zero-order valence-corrected chi connectivity index (χ0v) is 8.37. The Balaban J connectivity index is 2.42. The molecule has 0 spiro atoms. The number of carbonyl (C=O) groups is 1. The largest absolute Gasteiger partial charge is 0.352 e. The fraction of sp³-hybridized carbons (Fsp3) is 0.556. The Morgan fingerprint density at radius 2 is 2.36 bits per heavy atom. The van der Waals surface area contributed by atoms with Gasteiger partial charge in [0.05, 0.1) is 11.4 Å². The van der Waals surface area contributed by atoms with Gasteiger partial charge in [-0.3, -0.25) is 9.89 Å². The molecule has 5 heteroatoms. The normalized spacial score (nSPS) is 15.3. The standard InChI is InChI=1S/C9H13N4O/c1-3-4-6-8-7(12-11-6)9(14)10-5-13(8)2/h3-5H2,1-2H3,(H,11,12). The Labute approximate surface area is 82.5 Å². The maximum Gasteiger partial charge on any atom is 0.294 e. The summed E-state index contributed by atoms with van der Waals surface area (Å²) in [7, 11) is 1.92. The van der Waals surface area contributed by atoms with Gasteiger partial charge in [0.25, 0.3) is 5.91 Å². The summed E-state index contributed by atoms with van der Waals surface area (Å²) in [6.07, 6.45) is 1.92. The van der Waals surface area contributed by atoms with Gasteiger partial charge in [-0.15, -0.1) is 0 Å². The maximum absolute atomic E-state index is 11.4. The van der Waals surface area contributed by atoms with Crippen LogP contribution >= 0.6 is 0 Å². The van der Waals surface area contributed by atoms with Crippen LogP contribution in [0.5, 0.6) is 0 Å². The lowest BCUT2D eigenvalue weighted by atomic mass is 10.1. The molecule has 2 heterocycles. The van der Waals surface area contributed by atoms with Crippen LogP contribution in [0.15, 0.2) is 0 Å². The van der Waals surface area contributed by atoms with Gasteiger partial charge in [-0.2, -0.15) is 5.10 Å². The van der Waals surface area contributed by atoms with Gasteiger partial charge in [-0.1, -0.05) is 13.3 Å². The van der Waals surface area contributed by atoms with Crippen LogP contribution in [0.3, 0.4) is 0 Å². The third-order valence-electron chi connectivity index (χ3n) is 2.32. The molecular weight excluding hydrogens is 180 g/mol. The van der Waals surface area contributed by atoms with Crippen LogP contribution in [0.25, 0.3) is 0 Å². The van der Waals surface area contributed by atoms with Crippen molar-refractivity contribution >= 4 is 11.6 Å². The summed E-state index contributed by atoms with van der Waals surface area (Å²) in [5, 5.41) is 10.7. The highest BCUT2D eigenvalue weighted by molar-refractivity contribution is 5.99. The van der Waals surface area contributed by atoms with E-state index in [2.05, 4.69) is 22.4 Å². The molecule has 1 N–H and O–H groups in total. The third kappa shape index (κ3) is 1.25. The summed E-state index contributed by atoms with van der Waals surface area (Å²) in [5.74, 6) is -0.187. The number of hydrogen-bond donors (Lipinski definition) is 1. The average Bonchev–Trinajstić information content (AvgIpc) is 2.58. The first-order chi connectivity index (χ1) is 6.74. The number of rotatable bonds is 2. The molecule has 1 aromatic heterocycles. The highest BCUT2D eigenvalue weighted by Gasteiger charge is 2.26. The first-order valence-corrected chi connectivity index (χ1v) is 4.74. The van der Waals surface area contributed by atoms with Crippen molar-refractivity contribution in [2.45, 2.75) is 19.8 Å². The molecule has 0 saturated carbocycles. The summed E-state index contributed by atoms with van der Waals surface area (Å²) in [5.41, 5.74) is 2.42. The molecule has 0 atom stereocenters. The van der Waals surface area contributed by atoms with Crippen LogP contribution in [0, 0.1) is 0 Å². The number of nitrogens with one attached hydrogen (secondary N) is 1. The molecule has 14 heavy (non-hydrogen) atoms. The molecule has 1 aliphatic rings. The van der Waals surface area contributed by atoms with Crippen molar-refractivity contribution in [3.05, 3.63) is 11.4 Å². The first kappa shape index (κ1) is 9.05. The van der Waals surface area contributed by atoms with E-state index in [0.29, 0.717) is 12.4 Å². The number of hydrogen-bond acceptors (Lipinski definition) is 3. The molecule has 1 aromatic rings. The third-order valence-corrected chi connectivity index (χ3v) is 2.32. The molecule has 0 bridgehead atoms. The topological polar surface area (TPSA) is 63.1 Å². The Morgan fingerprint density at radius 3 is 3.07 bits per heavy atom. The van der Waals surface area contributed by atoms with Crippen LogP contribution in [0.4, 0.5) is 5.69 Å². The Morgan fingerprint density at radius 1 is 1.57 bits per heavy atom. The van der Waals surface area contributed by atoms with Gasteiger partial charge in [0.2, 0.25) is 0 Å². The fourth-order valence-electron chi connectivity index (χ4n) is 1.67. The predicted molar refractivity (Wildman–Crippen MR) is 52.3 cm³/mol. The maximum atomic E-state index is 11.4. The second-order valence-electron chi connectivity index (χ2n) is 3.45. The van der Waals surface area contributed by atoms with Crippen LogP contribution in [0.2, 0.25) is 0 Å². The van der Waals surface area contributed by atoms with E-state index in [-0.39, 0.29) is 5.91 Å². The van der Waals surface area contributed by atoms with E-state index in [1.807, 2.05) is 11.9 Å². The monoisotopic (exact) mass is 193 g/mol. The molecular formula is C9H13N4O. The molecule has 1 amide bonds. The zero-order valence-electron chi connectivity index (χ0n) is 8.37. The second-order valence-corrected chi connectivity index (χ2v) is 3.45. The summed E-state index contributed by atoms with van der Waals surface area (Å²) in [4.78, 5) is 13.3. The van der Waals surface area contributed by atoms with Crippen LogP contribution in [-0.4, -0.2) is 29.8 Å². The summed E-state index contributed by atoms with van der Waals surface area (Å²) in [6, 6.07) is 0. The number of aromatic amines is 1. The fourth-order valence-corrected chi connectivity index (χ4v) is 1.67. The van der Waals surface area contributed by atoms with Crippen molar-refractivity contribution in [3.63, 3.8) is 0 Å². The molecule has 1 radical (unpaired) electrons. The molecule has 75 valence electrons. The quantitative estimate of drug-likeness (QED) is 0.744. The van der Waals surface area contributed by atoms with E-state index in [1.54, 1.807) is 0 Å². The minimum Gasteiger partial charge on any atom is -0.352 e. The molecule has 1 aliphatic heterocycles. The van der Waals surface area contributed by atoms with Gasteiger partial charge in [0.1, 0.15) is 12.4 Å². The van der Waals surface area contributed by atoms with E-state index < -0.39 is 0 Å². The molecule has 0 aliphatic carbocycles. The lowest BCUT2D eigenvalue weighted by Gasteiger charge is -2.23. The van der Waals surface area contributed by atoms with Crippen molar-refractivity contribution in [2.75, 3.05) is 18.6 Å². The number of amides is 1. The van der Waals surface area contributed by atoms with E-state index >= 15 is 0 Å². The molecule has 0 unspecified atom stereocenters. The van der Waals surface area contributed by atoms with Crippen LogP contribution in [0.1, 0.15) is 29.5 Å². The molecule has 0 fully saturated rings. The highest BCUT2D eigenvalue weighted by atomic mass is 16.2. The number of aryl methyl sites for hydroxylation is 1. The van der Waals surface area contributed by atoms with E-state index in [1.165, 1.54) is 0 Å². The van der Waals surface area contributed by atoms with Gasteiger partial charge >= 0.3 is 0 Å². The number of anilines is 1. The number of carbonyl (C=O) groups excluding carboxylic acids is 1. The minimum atomic E-state index is -0.187. The second kappa shape index (κ2) is 3.32. The SMILES string of the molecule is CCCc1n[nH]c2c1N(C)C[N]C2=O.